The number of phenolic OH excluding ortho intramolecular Hbond substituents is 1. The van der Waals surface area contributed by atoms with Crippen molar-refractivity contribution < 1.29 is 28.2 Å². The third-order valence-corrected chi connectivity index (χ3v) is 14.7. The van der Waals surface area contributed by atoms with E-state index in [-0.39, 0.29) is 29.8 Å². The fourth-order valence-corrected chi connectivity index (χ4v) is 11.5. The van der Waals surface area contributed by atoms with Gasteiger partial charge in [-0.05, 0) is 128 Å². The predicted molar refractivity (Wildman–Crippen MR) is 220 cm³/mol. The number of aryl methyl sites for hydroxylation is 1. The van der Waals surface area contributed by atoms with Gasteiger partial charge >= 0.3 is 0 Å². The van der Waals surface area contributed by atoms with Crippen molar-refractivity contribution in [3.63, 3.8) is 0 Å². The normalized spacial score (nSPS) is 30.0. The summed E-state index contributed by atoms with van der Waals surface area (Å²) < 4.78 is 37.9. The van der Waals surface area contributed by atoms with Gasteiger partial charge in [-0.3, -0.25) is 14.9 Å². The molecular weight excluding hydrogens is 735 g/mol. The summed E-state index contributed by atoms with van der Waals surface area (Å²) in [5, 5.41) is 15.7. The third kappa shape index (κ3) is 6.56. The summed E-state index contributed by atoms with van der Waals surface area (Å²) >= 11 is 0. The minimum absolute atomic E-state index is 0.145. The van der Waals surface area contributed by atoms with Crippen molar-refractivity contribution in [1.82, 2.24) is 10.2 Å². The fourth-order valence-electron chi connectivity index (χ4n) is 11.5. The smallest absolute Gasteiger partial charge is 0.263 e. The lowest BCUT2D eigenvalue weighted by molar-refractivity contribution is -0.133. The first kappa shape index (κ1) is 37.5. The van der Waals surface area contributed by atoms with Gasteiger partial charge in [-0.1, -0.05) is 60.7 Å². The number of phenols is 1. The average molecular weight is 787 g/mol. The van der Waals surface area contributed by atoms with Crippen LogP contribution < -0.4 is 15.5 Å². The molecule has 6 aliphatic rings. The molecule has 302 valence electrons. The van der Waals surface area contributed by atoms with Gasteiger partial charge in [-0.15, -0.1) is 0 Å². The summed E-state index contributed by atoms with van der Waals surface area (Å²) in [6.45, 7) is 4.34. The number of alkyl halides is 2. The maximum Gasteiger partial charge on any atom is 0.263 e. The number of halogens is 2. The lowest BCUT2D eigenvalue weighted by Crippen LogP contribution is -2.47. The number of imide groups is 1. The highest BCUT2D eigenvalue weighted by atomic mass is 19.3. The van der Waals surface area contributed by atoms with Crippen LogP contribution in [-0.2, 0) is 26.2 Å². The molecule has 3 N–H and O–H groups in total. The molecule has 0 aromatic heterocycles. The molecule has 0 bridgehead atoms. The molecule has 2 unspecified atom stereocenters. The van der Waals surface area contributed by atoms with Gasteiger partial charge in [0.05, 0.1) is 23.5 Å². The Hall–Kier alpha value is -4.80. The molecule has 4 aromatic rings. The third-order valence-electron chi connectivity index (χ3n) is 14.7. The molecule has 0 radical (unpaired) electrons. The molecule has 2 aliphatic carbocycles. The van der Waals surface area contributed by atoms with Crippen LogP contribution in [0.4, 0.5) is 20.2 Å². The Morgan fingerprint density at radius 3 is 2.36 bits per heavy atom. The van der Waals surface area contributed by atoms with Crippen LogP contribution in [0.25, 0.3) is 0 Å². The Bertz CT molecular complexity index is 2170. The predicted octanol–water partition coefficient (Wildman–Crippen LogP) is 7.76. The summed E-state index contributed by atoms with van der Waals surface area (Å²) in [5.74, 6) is -2.83. The van der Waals surface area contributed by atoms with Gasteiger partial charge in [0.15, 0.2) is 0 Å². The number of carbonyl (C=O) groups excluding carboxylic acids is 2. The molecule has 4 aliphatic heterocycles. The van der Waals surface area contributed by atoms with Gasteiger partial charge < -0.3 is 25.0 Å². The number of aromatic hydroxyl groups is 1. The molecule has 5 fully saturated rings. The summed E-state index contributed by atoms with van der Waals surface area (Å²) in [5.41, 5.74) is 6.51. The van der Waals surface area contributed by atoms with Crippen LogP contribution in [0.1, 0.15) is 84.6 Å². The zero-order valence-corrected chi connectivity index (χ0v) is 32.8. The number of benzene rings is 4. The maximum atomic E-state index is 15.7. The number of nitrogens with zero attached hydrogens (tertiary/aromatic N) is 2. The maximum absolute atomic E-state index is 15.7. The number of nitrogens with one attached hydrogen (secondary N) is 2. The Labute approximate surface area is 339 Å². The van der Waals surface area contributed by atoms with Crippen LogP contribution in [0.5, 0.6) is 5.75 Å². The van der Waals surface area contributed by atoms with E-state index in [4.69, 9.17) is 4.74 Å². The highest BCUT2D eigenvalue weighted by Crippen LogP contribution is 2.70. The van der Waals surface area contributed by atoms with Gasteiger partial charge in [-0.2, -0.15) is 0 Å². The van der Waals surface area contributed by atoms with E-state index in [9.17, 15) is 14.7 Å². The second kappa shape index (κ2) is 14.5. The van der Waals surface area contributed by atoms with Crippen molar-refractivity contribution in [1.29, 1.82) is 0 Å². The van der Waals surface area contributed by atoms with Gasteiger partial charge in [0, 0.05) is 49.9 Å². The van der Waals surface area contributed by atoms with Gasteiger partial charge in [0.2, 0.25) is 11.8 Å². The molecule has 4 saturated heterocycles. The van der Waals surface area contributed by atoms with Crippen molar-refractivity contribution in [3.8, 4) is 5.75 Å². The Morgan fingerprint density at radius 1 is 0.845 bits per heavy atom. The summed E-state index contributed by atoms with van der Waals surface area (Å²) in [4.78, 5) is 28.4. The van der Waals surface area contributed by atoms with E-state index in [0.29, 0.717) is 61.4 Å². The van der Waals surface area contributed by atoms with Gasteiger partial charge in [0.1, 0.15) is 11.8 Å². The average Bonchev–Trinajstić information content (AvgIpc) is 3.49. The minimum Gasteiger partial charge on any atom is -0.508 e. The lowest BCUT2D eigenvalue weighted by Gasteiger charge is -2.40. The van der Waals surface area contributed by atoms with Crippen molar-refractivity contribution in [2.45, 2.75) is 86.2 Å². The van der Waals surface area contributed by atoms with E-state index >= 15 is 8.78 Å². The molecule has 1 spiro atoms. The van der Waals surface area contributed by atoms with Gasteiger partial charge in [0.25, 0.3) is 5.92 Å². The van der Waals surface area contributed by atoms with Crippen molar-refractivity contribution in [2.75, 3.05) is 49.5 Å². The molecule has 10 rings (SSSR count). The van der Waals surface area contributed by atoms with Crippen LogP contribution in [0.3, 0.4) is 0 Å². The molecule has 8 nitrogen and oxygen atoms in total. The topological polar surface area (TPSA) is 94.1 Å². The number of hydrogen-bond acceptors (Lipinski definition) is 7. The highest BCUT2D eigenvalue weighted by Gasteiger charge is 2.81. The first-order valence-corrected chi connectivity index (χ1v) is 21.3. The quantitative estimate of drug-likeness (QED) is 0.157. The van der Waals surface area contributed by atoms with E-state index in [2.05, 4.69) is 81.1 Å². The van der Waals surface area contributed by atoms with Crippen LogP contribution in [0, 0.1) is 11.8 Å². The SMILES string of the molecule is O=C1CC[C@H](Nc2ccc(C34CCN(C[C@@H]5COC6(CCN(c7ccc([C@@H]8c9ccc(O)cc9CC[C@@H]8c8ccccc8)cc7)CC6)C5)CC3C4(F)F)cc2)C(=O)N1. The lowest BCUT2D eigenvalue weighted by atomic mass is 9.69. The Morgan fingerprint density at radius 2 is 1.62 bits per heavy atom. The number of piperidine rings is 3. The number of hydrogen-bond donors (Lipinski definition) is 3. The Balaban J connectivity index is 0.740. The second-order valence-corrected chi connectivity index (χ2v) is 17.9. The number of anilines is 2. The molecule has 4 aromatic carbocycles. The van der Waals surface area contributed by atoms with E-state index in [0.717, 1.165) is 51.7 Å². The summed E-state index contributed by atoms with van der Waals surface area (Å²) in [6.07, 6.45) is 5.99. The molecule has 1 saturated carbocycles. The monoisotopic (exact) mass is 786 g/mol. The van der Waals surface area contributed by atoms with Gasteiger partial charge in [-0.25, -0.2) is 8.78 Å². The van der Waals surface area contributed by atoms with Crippen molar-refractivity contribution in [3.05, 3.63) is 125 Å². The molecule has 6 atom stereocenters. The largest absolute Gasteiger partial charge is 0.508 e. The standard InChI is InChI=1S/C48H52F2N4O4/c49-48(50)42-29-53(23-22-47(42,48)35-9-11-36(12-10-35)51-41-18-19-43(56)52-45(41)57)28-31-27-46(58-30-31)20-24-54(25-21-46)37-13-6-33(7-14-37)44-39(32-4-2-1-3-5-32)16-8-34-26-38(55)15-17-40(34)44/h1-7,9-15,17,26,31,39,41-42,44,51,55H,8,16,18-25,27-30H2,(H,52,56,57)/t31-,39-,41+,42?,44+,47?/m1/s1. The number of amides is 2. The molecule has 4 heterocycles. The molecular formula is C48H52F2N4O4. The number of likely N-dealkylation sites (tertiary alicyclic amines) is 1. The summed E-state index contributed by atoms with van der Waals surface area (Å²) in [7, 11) is 0. The van der Waals surface area contributed by atoms with Crippen molar-refractivity contribution in [2.24, 2.45) is 11.8 Å². The molecule has 10 heteroatoms. The highest BCUT2D eigenvalue weighted by molar-refractivity contribution is 6.01. The van der Waals surface area contributed by atoms with Crippen molar-refractivity contribution >= 4 is 23.2 Å². The van der Waals surface area contributed by atoms with Crippen LogP contribution >= 0.6 is 0 Å². The van der Waals surface area contributed by atoms with E-state index < -0.39 is 23.3 Å². The van der Waals surface area contributed by atoms with E-state index in [1.54, 1.807) is 24.3 Å². The Kier molecular flexibility index (Phi) is 9.36. The first-order chi connectivity index (χ1) is 28.1. The number of fused-ring (bicyclic) bond motifs is 2. The minimum atomic E-state index is -2.76. The van der Waals surface area contributed by atoms with E-state index in [1.165, 1.54) is 27.9 Å². The zero-order chi connectivity index (χ0) is 39.6. The number of ether oxygens (including phenoxy) is 1. The van der Waals surface area contributed by atoms with E-state index in [1.807, 2.05) is 12.1 Å². The first-order valence-electron chi connectivity index (χ1n) is 21.3. The zero-order valence-electron chi connectivity index (χ0n) is 32.8. The van der Waals surface area contributed by atoms with Crippen LogP contribution in [-0.4, -0.2) is 78.7 Å². The number of rotatable bonds is 8. The number of carbonyl (C=O) groups is 2. The second-order valence-electron chi connectivity index (χ2n) is 17.9. The molecule has 58 heavy (non-hydrogen) atoms. The van der Waals surface area contributed by atoms with Crippen LogP contribution in [0.2, 0.25) is 0 Å². The fraction of sp³-hybridized carbons (Fsp3) is 0.458. The summed E-state index contributed by atoms with van der Waals surface area (Å²) in [6, 6.07) is 32.5. The molecule has 2 amide bonds. The van der Waals surface area contributed by atoms with Crippen LogP contribution in [0.15, 0.2) is 97.1 Å².